The van der Waals surface area contributed by atoms with E-state index in [1.807, 2.05) is 34.9 Å². The molecule has 11 aromatic rings. The van der Waals surface area contributed by atoms with Crippen LogP contribution in [0.4, 0.5) is 0 Å². The lowest BCUT2D eigenvalue weighted by molar-refractivity contribution is 0.661. The summed E-state index contributed by atoms with van der Waals surface area (Å²) in [5, 5.41) is 7.76. The van der Waals surface area contributed by atoms with Crippen molar-refractivity contribution in [1.82, 2.24) is 9.13 Å². The van der Waals surface area contributed by atoms with Gasteiger partial charge in [0.2, 0.25) is 0 Å². The fourth-order valence-corrected chi connectivity index (χ4v) is 13.1. The molecule has 4 heterocycles. The van der Waals surface area contributed by atoms with E-state index in [0.717, 1.165) is 0 Å². The van der Waals surface area contributed by atoms with Gasteiger partial charge in [0.1, 0.15) is 0 Å². The highest BCUT2D eigenvalue weighted by Crippen LogP contribution is 2.54. The molecular formula is C51H32N2S3. The van der Waals surface area contributed by atoms with Crippen LogP contribution >= 0.6 is 34.9 Å². The van der Waals surface area contributed by atoms with Crippen molar-refractivity contribution < 1.29 is 0 Å². The van der Waals surface area contributed by atoms with Crippen molar-refractivity contribution in [1.29, 1.82) is 0 Å². The molecule has 0 saturated heterocycles. The van der Waals surface area contributed by atoms with E-state index in [0.29, 0.717) is 0 Å². The summed E-state index contributed by atoms with van der Waals surface area (Å²) in [5.74, 6) is 0. The third-order valence-corrected chi connectivity index (χ3v) is 16.0. The highest BCUT2D eigenvalue weighted by molar-refractivity contribution is 8.05. The monoisotopic (exact) mass is 768 g/mol. The maximum atomic E-state index is 2.55. The Kier molecular flexibility index (Phi) is 6.30. The molecule has 0 amide bonds. The van der Waals surface area contributed by atoms with Gasteiger partial charge < -0.3 is 9.13 Å². The predicted octanol–water partition coefficient (Wildman–Crippen LogP) is 15.2. The SMILES string of the molecule is CC1(C)c2ccccc2-c2cc3c4cc5c(cc4n(-c4ccc6c(c4)c4ccccc4n6-c4ccc6sc7ccccc7c6c4)c3cc21)Sc1ccccc1S5. The van der Waals surface area contributed by atoms with Gasteiger partial charge in [-0.15, -0.1) is 11.3 Å². The predicted molar refractivity (Wildman–Crippen MR) is 240 cm³/mol. The maximum absolute atomic E-state index is 2.55. The van der Waals surface area contributed by atoms with Gasteiger partial charge in [0, 0.05) is 78.1 Å². The minimum absolute atomic E-state index is 0.0970. The number of aromatic nitrogens is 2. The molecule has 0 atom stereocenters. The van der Waals surface area contributed by atoms with E-state index in [2.05, 4.69) is 181 Å². The Morgan fingerprint density at radius 3 is 1.82 bits per heavy atom. The number of nitrogens with zero attached hydrogens (tertiary/aromatic N) is 2. The molecule has 0 saturated carbocycles. The normalized spacial score (nSPS) is 14.2. The Hall–Kier alpha value is -5.72. The van der Waals surface area contributed by atoms with Crippen molar-refractivity contribution >= 4 is 98.6 Å². The summed E-state index contributed by atoms with van der Waals surface area (Å²) < 4.78 is 7.66. The molecule has 1 aliphatic carbocycles. The number of benzene rings is 8. The molecule has 0 bridgehead atoms. The molecule has 264 valence electrons. The molecule has 13 rings (SSSR count). The summed E-state index contributed by atoms with van der Waals surface area (Å²) in [7, 11) is 0. The van der Waals surface area contributed by atoms with Crippen LogP contribution in [0.3, 0.4) is 0 Å². The molecule has 0 fully saturated rings. The average Bonchev–Trinajstić information content (AvgIpc) is 3.93. The topological polar surface area (TPSA) is 9.86 Å². The summed E-state index contributed by atoms with van der Waals surface area (Å²) >= 11 is 5.66. The zero-order valence-corrected chi connectivity index (χ0v) is 33.1. The van der Waals surface area contributed by atoms with E-state index in [4.69, 9.17) is 0 Å². The third kappa shape index (κ3) is 4.20. The van der Waals surface area contributed by atoms with Crippen LogP contribution in [0, 0.1) is 0 Å². The first kappa shape index (κ1) is 31.5. The van der Waals surface area contributed by atoms with Gasteiger partial charge in [0.05, 0.1) is 22.1 Å². The molecule has 0 unspecified atom stereocenters. The summed E-state index contributed by atoms with van der Waals surface area (Å²) in [6.45, 7) is 4.77. The second-order valence-electron chi connectivity index (χ2n) is 15.7. The Morgan fingerprint density at radius 2 is 0.964 bits per heavy atom. The van der Waals surface area contributed by atoms with Crippen molar-refractivity contribution in [3.63, 3.8) is 0 Å². The number of hydrogen-bond donors (Lipinski definition) is 0. The van der Waals surface area contributed by atoms with E-state index >= 15 is 0 Å². The van der Waals surface area contributed by atoms with Crippen molar-refractivity contribution in [2.45, 2.75) is 38.8 Å². The van der Waals surface area contributed by atoms with E-state index in [-0.39, 0.29) is 5.41 Å². The van der Waals surface area contributed by atoms with Gasteiger partial charge in [-0.05, 0) is 107 Å². The van der Waals surface area contributed by atoms with E-state index in [1.165, 1.54) is 117 Å². The lowest BCUT2D eigenvalue weighted by Gasteiger charge is -2.21. The van der Waals surface area contributed by atoms with Crippen LogP contribution in [0.25, 0.3) is 86.3 Å². The molecule has 2 nitrogen and oxygen atoms in total. The molecule has 3 aromatic heterocycles. The van der Waals surface area contributed by atoms with E-state index in [1.54, 1.807) is 0 Å². The Bertz CT molecular complexity index is 3520. The van der Waals surface area contributed by atoms with Crippen LogP contribution in [-0.4, -0.2) is 9.13 Å². The molecule has 8 aromatic carbocycles. The van der Waals surface area contributed by atoms with Crippen LogP contribution in [0.1, 0.15) is 25.0 Å². The van der Waals surface area contributed by atoms with Crippen molar-refractivity contribution in [3.05, 3.63) is 169 Å². The van der Waals surface area contributed by atoms with Gasteiger partial charge in [-0.1, -0.05) is 110 Å². The van der Waals surface area contributed by atoms with Crippen LogP contribution in [-0.2, 0) is 5.41 Å². The zero-order valence-electron chi connectivity index (χ0n) is 30.6. The van der Waals surface area contributed by atoms with Gasteiger partial charge >= 0.3 is 0 Å². The lowest BCUT2D eigenvalue weighted by Crippen LogP contribution is -2.14. The summed E-state index contributed by atoms with van der Waals surface area (Å²) in [6.07, 6.45) is 0. The summed E-state index contributed by atoms with van der Waals surface area (Å²) in [5.41, 5.74) is 12.7. The molecular weight excluding hydrogens is 737 g/mol. The highest BCUT2D eigenvalue weighted by atomic mass is 32.2. The zero-order chi connectivity index (χ0) is 36.9. The largest absolute Gasteiger partial charge is 0.309 e. The van der Waals surface area contributed by atoms with Gasteiger partial charge in [0.25, 0.3) is 0 Å². The summed E-state index contributed by atoms with van der Waals surface area (Å²) in [6, 6.07) is 59.5. The smallest absolute Gasteiger partial charge is 0.0553 e. The Balaban J connectivity index is 1.08. The molecule has 56 heavy (non-hydrogen) atoms. The molecule has 0 spiro atoms. The van der Waals surface area contributed by atoms with Crippen LogP contribution in [0.15, 0.2) is 177 Å². The van der Waals surface area contributed by atoms with Crippen molar-refractivity contribution in [3.8, 4) is 22.5 Å². The van der Waals surface area contributed by atoms with Gasteiger partial charge in [-0.25, -0.2) is 0 Å². The molecule has 0 N–H and O–H groups in total. The van der Waals surface area contributed by atoms with Crippen molar-refractivity contribution in [2.24, 2.45) is 0 Å². The maximum Gasteiger partial charge on any atom is 0.0553 e. The second kappa shape index (κ2) is 11.2. The van der Waals surface area contributed by atoms with Gasteiger partial charge in [0.15, 0.2) is 0 Å². The Labute approximate surface area is 336 Å². The van der Waals surface area contributed by atoms with E-state index in [9.17, 15) is 0 Å². The minimum Gasteiger partial charge on any atom is -0.309 e. The molecule has 5 heteroatoms. The first-order valence-electron chi connectivity index (χ1n) is 19.2. The molecule has 0 radical (unpaired) electrons. The lowest BCUT2D eigenvalue weighted by atomic mass is 9.82. The number of rotatable bonds is 2. The standard InChI is InChI=1S/C51H32N2S3/c1-51(2)39-14-6-3-11-31(39)34-25-36-37-26-49-50(56-48-18-10-9-17-47(48)55-49)28-44(37)53(43(36)27-40(34)51)29-19-21-42-35(23-29)32-12-4-7-15-41(32)52(42)30-20-22-46-38(24-30)33-13-5-8-16-45(33)54-46/h3-28H,1-2H3. The van der Waals surface area contributed by atoms with Gasteiger partial charge in [-0.2, -0.15) is 0 Å². The number of fused-ring (bicyclic) bond motifs is 14. The fraction of sp³-hybridized carbons (Fsp3) is 0.0588. The fourth-order valence-electron chi connectivity index (χ4n) is 9.74. The number of para-hydroxylation sites is 1. The van der Waals surface area contributed by atoms with Crippen molar-refractivity contribution in [2.75, 3.05) is 0 Å². The quantitative estimate of drug-likeness (QED) is 0.173. The van der Waals surface area contributed by atoms with Crippen LogP contribution in [0.2, 0.25) is 0 Å². The minimum atomic E-state index is -0.0970. The second-order valence-corrected chi connectivity index (χ2v) is 19.0. The van der Waals surface area contributed by atoms with Gasteiger partial charge in [-0.3, -0.25) is 0 Å². The van der Waals surface area contributed by atoms with Crippen LogP contribution in [0.5, 0.6) is 0 Å². The number of hydrogen-bond acceptors (Lipinski definition) is 3. The van der Waals surface area contributed by atoms with E-state index < -0.39 is 0 Å². The first-order chi connectivity index (χ1) is 27.5. The first-order valence-corrected chi connectivity index (χ1v) is 21.6. The average molecular weight is 769 g/mol. The molecule has 2 aliphatic rings. The molecule has 1 aliphatic heterocycles. The number of thiophene rings is 1. The van der Waals surface area contributed by atoms with Crippen LogP contribution < -0.4 is 0 Å². The third-order valence-electron chi connectivity index (χ3n) is 12.4. The highest BCUT2D eigenvalue weighted by Gasteiger charge is 2.36. The Morgan fingerprint density at radius 1 is 0.375 bits per heavy atom. The summed E-state index contributed by atoms with van der Waals surface area (Å²) in [4.78, 5) is 5.30.